The number of nitrogens with zero attached hydrogens (tertiary/aromatic N) is 1. The SMILES string of the molecule is O=C(/C=C/c1cccc(OCc2ccccc2)c1)N1CCc2ccccc2C1. The highest BCUT2D eigenvalue weighted by Crippen LogP contribution is 2.20. The average molecular weight is 369 g/mol. The van der Waals surface area contributed by atoms with Crippen molar-refractivity contribution >= 4 is 12.0 Å². The first-order valence-corrected chi connectivity index (χ1v) is 9.58. The minimum atomic E-state index is 0.0464. The number of benzene rings is 3. The normalized spacial score (nSPS) is 13.4. The van der Waals surface area contributed by atoms with Gasteiger partial charge in [0.15, 0.2) is 0 Å². The standard InChI is InChI=1S/C25H23NO2/c27-25(26-16-15-22-10-4-5-11-23(22)18-26)14-13-20-9-6-12-24(17-20)28-19-21-7-2-1-3-8-21/h1-14,17H,15-16,18-19H2/b14-13+. The quantitative estimate of drug-likeness (QED) is 0.601. The molecular weight excluding hydrogens is 346 g/mol. The second-order valence-corrected chi connectivity index (χ2v) is 6.96. The molecule has 1 aliphatic rings. The Bertz CT molecular complexity index is 979. The van der Waals surface area contributed by atoms with E-state index in [-0.39, 0.29) is 5.91 Å². The molecule has 0 saturated carbocycles. The lowest BCUT2D eigenvalue weighted by atomic mass is 10.00. The van der Waals surface area contributed by atoms with Gasteiger partial charge >= 0.3 is 0 Å². The highest BCUT2D eigenvalue weighted by molar-refractivity contribution is 5.92. The van der Waals surface area contributed by atoms with E-state index in [2.05, 4.69) is 18.2 Å². The summed E-state index contributed by atoms with van der Waals surface area (Å²) in [6.07, 6.45) is 4.43. The van der Waals surface area contributed by atoms with Crippen molar-refractivity contribution in [3.8, 4) is 5.75 Å². The number of rotatable bonds is 5. The first-order chi connectivity index (χ1) is 13.8. The maximum atomic E-state index is 12.6. The Balaban J connectivity index is 1.37. The van der Waals surface area contributed by atoms with Gasteiger partial charge in [-0.15, -0.1) is 0 Å². The lowest BCUT2D eigenvalue weighted by molar-refractivity contribution is -0.126. The fraction of sp³-hybridized carbons (Fsp3) is 0.160. The number of hydrogen-bond acceptors (Lipinski definition) is 2. The molecule has 3 heteroatoms. The van der Waals surface area contributed by atoms with Crippen molar-refractivity contribution in [2.24, 2.45) is 0 Å². The molecule has 0 N–H and O–H groups in total. The van der Waals surface area contributed by atoms with Gasteiger partial charge in [-0.3, -0.25) is 4.79 Å². The van der Waals surface area contributed by atoms with Gasteiger partial charge in [0.2, 0.25) is 5.91 Å². The van der Waals surface area contributed by atoms with E-state index >= 15 is 0 Å². The van der Waals surface area contributed by atoms with Gasteiger partial charge in [0.25, 0.3) is 0 Å². The number of ether oxygens (including phenoxy) is 1. The molecule has 3 aromatic rings. The molecule has 28 heavy (non-hydrogen) atoms. The zero-order chi connectivity index (χ0) is 19.2. The second-order valence-electron chi connectivity index (χ2n) is 6.96. The highest BCUT2D eigenvalue weighted by Gasteiger charge is 2.18. The number of carbonyl (C=O) groups excluding carboxylic acids is 1. The van der Waals surface area contributed by atoms with Crippen LogP contribution in [-0.2, 0) is 24.4 Å². The van der Waals surface area contributed by atoms with Gasteiger partial charge in [-0.05, 0) is 46.9 Å². The van der Waals surface area contributed by atoms with Gasteiger partial charge < -0.3 is 9.64 Å². The van der Waals surface area contributed by atoms with E-state index in [9.17, 15) is 4.79 Å². The molecule has 3 aromatic carbocycles. The third-order valence-electron chi connectivity index (χ3n) is 4.97. The fourth-order valence-corrected chi connectivity index (χ4v) is 3.41. The van der Waals surface area contributed by atoms with Crippen molar-refractivity contribution in [2.75, 3.05) is 6.54 Å². The van der Waals surface area contributed by atoms with Crippen LogP contribution in [0.5, 0.6) is 5.75 Å². The van der Waals surface area contributed by atoms with Crippen molar-refractivity contribution in [3.05, 3.63) is 107 Å². The molecule has 1 heterocycles. The van der Waals surface area contributed by atoms with Crippen molar-refractivity contribution in [3.63, 3.8) is 0 Å². The van der Waals surface area contributed by atoms with Crippen LogP contribution in [0.1, 0.15) is 22.3 Å². The molecular formula is C25H23NO2. The maximum Gasteiger partial charge on any atom is 0.246 e. The molecule has 0 saturated heterocycles. The van der Waals surface area contributed by atoms with Crippen LogP contribution in [0.4, 0.5) is 0 Å². The zero-order valence-electron chi connectivity index (χ0n) is 15.8. The lowest BCUT2D eigenvalue weighted by Crippen LogP contribution is -2.34. The summed E-state index contributed by atoms with van der Waals surface area (Å²) >= 11 is 0. The van der Waals surface area contributed by atoms with E-state index in [1.165, 1.54) is 11.1 Å². The third kappa shape index (κ3) is 4.49. The smallest absolute Gasteiger partial charge is 0.246 e. The molecule has 1 aliphatic heterocycles. The molecule has 0 unspecified atom stereocenters. The van der Waals surface area contributed by atoms with E-state index in [1.807, 2.05) is 71.6 Å². The van der Waals surface area contributed by atoms with Crippen molar-refractivity contribution in [1.29, 1.82) is 0 Å². The number of hydrogen-bond donors (Lipinski definition) is 0. The summed E-state index contributed by atoms with van der Waals surface area (Å²) in [5.41, 5.74) is 4.67. The van der Waals surface area contributed by atoms with Crippen LogP contribution in [0.2, 0.25) is 0 Å². The predicted octanol–water partition coefficient (Wildman–Crippen LogP) is 4.86. The molecule has 0 spiro atoms. The molecule has 4 rings (SSSR count). The Morgan fingerprint density at radius 1 is 0.929 bits per heavy atom. The molecule has 3 nitrogen and oxygen atoms in total. The topological polar surface area (TPSA) is 29.5 Å². The van der Waals surface area contributed by atoms with Crippen LogP contribution in [-0.4, -0.2) is 17.4 Å². The molecule has 0 atom stereocenters. The van der Waals surface area contributed by atoms with E-state index in [0.29, 0.717) is 13.2 Å². The summed E-state index contributed by atoms with van der Waals surface area (Å²) in [6.45, 7) is 1.97. The summed E-state index contributed by atoms with van der Waals surface area (Å²) in [5.74, 6) is 0.843. The minimum Gasteiger partial charge on any atom is -0.489 e. The van der Waals surface area contributed by atoms with Crippen LogP contribution >= 0.6 is 0 Å². The van der Waals surface area contributed by atoms with Gasteiger partial charge in [-0.2, -0.15) is 0 Å². The molecule has 0 fully saturated rings. The van der Waals surface area contributed by atoms with Crippen molar-refractivity contribution in [1.82, 2.24) is 4.90 Å². The van der Waals surface area contributed by atoms with Crippen LogP contribution in [0.25, 0.3) is 6.08 Å². The second kappa shape index (κ2) is 8.57. The van der Waals surface area contributed by atoms with Crippen LogP contribution in [0.3, 0.4) is 0 Å². The van der Waals surface area contributed by atoms with Crippen LogP contribution in [0.15, 0.2) is 84.9 Å². The monoisotopic (exact) mass is 369 g/mol. The molecule has 0 bridgehead atoms. The van der Waals surface area contributed by atoms with Gasteiger partial charge in [0.05, 0.1) is 0 Å². The van der Waals surface area contributed by atoms with Crippen molar-refractivity contribution < 1.29 is 9.53 Å². The number of fused-ring (bicyclic) bond motifs is 1. The molecule has 0 radical (unpaired) electrons. The Morgan fingerprint density at radius 3 is 2.57 bits per heavy atom. The lowest BCUT2D eigenvalue weighted by Gasteiger charge is -2.27. The average Bonchev–Trinajstić information content (AvgIpc) is 2.77. The van der Waals surface area contributed by atoms with E-state index in [1.54, 1.807) is 6.08 Å². The highest BCUT2D eigenvalue weighted by atomic mass is 16.5. The number of amides is 1. The zero-order valence-corrected chi connectivity index (χ0v) is 15.8. The predicted molar refractivity (Wildman–Crippen MR) is 112 cm³/mol. The largest absolute Gasteiger partial charge is 0.489 e. The summed E-state index contributed by atoms with van der Waals surface area (Å²) in [7, 11) is 0. The third-order valence-corrected chi connectivity index (χ3v) is 4.97. The maximum absolute atomic E-state index is 12.6. The summed E-state index contributed by atoms with van der Waals surface area (Å²) in [5, 5.41) is 0. The van der Waals surface area contributed by atoms with Crippen LogP contribution < -0.4 is 4.74 Å². The number of carbonyl (C=O) groups is 1. The minimum absolute atomic E-state index is 0.0464. The Morgan fingerprint density at radius 2 is 1.71 bits per heavy atom. The van der Waals surface area contributed by atoms with E-state index in [0.717, 1.165) is 29.8 Å². The molecule has 1 amide bonds. The fourth-order valence-electron chi connectivity index (χ4n) is 3.41. The Kier molecular flexibility index (Phi) is 5.53. The van der Waals surface area contributed by atoms with Crippen LogP contribution in [0, 0.1) is 0 Å². The first kappa shape index (κ1) is 18.1. The Hall–Kier alpha value is -3.33. The molecule has 0 aromatic heterocycles. The molecule has 140 valence electrons. The van der Waals surface area contributed by atoms with Gasteiger partial charge in [-0.1, -0.05) is 66.7 Å². The van der Waals surface area contributed by atoms with E-state index in [4.69, 9.17) is 4.74 Å². The summed E-state index contributed by atoms with van der Waals surface area (Å²) < 4.78 is 5.87. The van der Waals surface area contributed by atoms with Gasteiger partial charge in [-0.25, -0.2) is 0 Å². The Labute approximate surface area is 165 Å². The summed E-state index contributed by atoms with van der Waals surface area (Å²) in [6, 6.07) is 26.2. The van der Waals surface area contributed by atoms with Gasteiger partial charge in [0, 0.05) is 19.2 Å². The van der Waals surface area contributed by atoms with Crippen molar-refractivity contribution in [2.45, 2.75) is 19.6 Å². The first-order valence-electron chi connectivity index (χ1n) is 9.58. The molecule has 0 aliphatic carbocycles. The summed E-state index contributed by atoms with van der Waals surface area (Å²) in [4.78, 5) is 14.5. The van der Waals surface area contributed by atoms with Gasteiger partial charge in [0.1, 0.15) is 12.4 Å². The van der Waals surface area contributed by atoms with E-state index < -0.39 is 0 Å².